The van der Waals surface area contributed by atoms with E-state index in [1.165, 1.54) is 11.3 Å². The maximum Gasteiger partial charge on any atom is 0.139 e. The molecule has 0 aliphatic carbocycles. The molecule has 0 bridgehead atoms. The Morgan fingerprint density at radius 3 is 2.45 bits per heavy atom. The van der Waals surface area contributed by atoms with Gasteiger partial charge in [-0.2, -0.15) is 0 Å². The SMILES string of the molecule is Cc1sc(C2=C(O)CN(c3ccc(OC(C)C)cc3)C2=N)nc1-c1ccccc1. The molecule has 0 saturated carbocycles. The number of hydrogen-bond donors (Lipinski definition) is 2. The van der Waals surface area contributed by atoms with E-state index in [1.54, 1.807) is 4.90 Å². The van der Waals surface area contributed by atoms with Crippen molar-refractivity contribution >= 4 is 28.4 Å². The molecule has 1 aliphatic rings. The van der Waals surface area contributed by atoms with E-state index >= 15 is 0 Å². The topological polar surface area (TPSA) is 69.4 Å². The summed E-state index contributed by atoms with van der Waals surface area (Å²) < 4.78 is 5.69. The monoisotopic (exact) mass is 405 g/mol. The minimum Gasteiger partial charge on any atom is -0.510 e. The van der Waals surface area contributed by atoms with E-state index in [4.69, 9.17) is 15.1 Å². The maximum absolute atomic E-state index is 10.6. The predicted molar refractivity (Wildman–Crippen MR) is 119 cm³/mol. The summed E-state index contributed by atoms with van der Waals surface area (Å²) in [7, 11) is 0. The minimum atomic E-state index is 0.107. The zero-order valence-electron chi connectivity index (χ0n) is 16.6. The van der Waals surface area contributed by atoms with Crippen LogP contribution in [0.2, 0.25) is 0 Å². The highest BCUT2D eigenvalue weighted by molar-refractivity contribution is 7.13. The third kappa shape index (κ3) is 3.76. The van der Waals surface area contributed by atoms with E-state index in [0.717, 1.165) is 27.6 Å². The fourth-order valence-electron chi connectivity index (χ4n) is 3.37. The first-order chi connectivity index (χ1) is 13.9. The molecule has 0 fully saturated rings. The van der Waals surface area contributed by atoms with E-state index in [9.17, 15) is 5.11 Å². The highest BCUT2D eigenvalue weighted by atomic mass is 32.1. The summed E-state index contributed by atoms with van der Waals surface area (Å²) in [5, 5.41) is 20.0. The summed E-state index contributed by atoms with van der Waals surface area (Å²) in [6.45, 7) is 6.25. The molecule has 4 rings (SSSR count). The van der Waals surface area contributed by atoms with Crippen molar-refractivity contribution in [1.29, 1.82) is 5.41 Å². The number of anilines is 1. The maximum atomic E-state index is 10.6. The molecule has 2 N–H and O–H groups in total. The van der Waals surface area contributed by atoms with Gasteiger partial charge in [-0.25, -0.2) is 4.98 Å². The molecule has 0 saturated heterocycles. The largest absolute Gasteiger partial charge is 0.510 e. The number of aromatic nitrogens is 1. The molecule has 148 valence electrons. The highest BCUT2D eigenvalue weighted by Crippen LogP contribution is 2.37. The first-order valence-corrected chi connectivity index (χ1v) is 10.3. The van der Waals surface area contributed by atoms with Crippen LogP contribution >= 0.6 is 11.3 Å². The quantitative estimate of drug-likeness (QED) is 0.574. The molecule has 2 aromatic carbocycles. The van der Waals surface area contributed by atoms with Crippen molar-refractivity contribution in [2.45, 2.75) is 26.9 Å². The fourth-order valence-corrected chi connectivity index (χ4v) is 4.37. The lowest BCUT2D eigenvalue weighted by Crippen LogP contribution is -2.25. The Morgan fingerprint density at radius 1 is 1.10 bits per heavy atom. The van der Waals surface area contributed by atoms with Crippen molar-refractivity contribution in [2.24, 2.45) is 0 Å². The van der Waals surface area contributed by atoms with Crippen LogP contribution in [0.4, 0.5) is 5.69 Å². The van der Waals surface area contributed by atoms with Gasteiger partial charge in [0.25, 0.3) is 0 Å². The van der Waals surface area contributed by atoms with Crippen molar-refractivity contribution in [3.05, 3.63) is 70.2 Å². The van der Waals surface area contributed by atoms with Gasteiger partial charge in [0.05, 0.1) is 23.9 Å². The first-order valence-electron chi connectivity index (χ1n) is 9.52. The Morgan fingerprint density at radius 2 is 1.79 bits per heavy atom. The van der Waals surface area contributed by atoms with Gasteiger partial charge in [0, 0.05) is 16.1 Å². The summed E-state index contributed by atoms with van der Waals surface area (Å²) in [5.41, 5.74) is 3.27. The molecular weight excluding hydrogens is 382 g/mol. The lowest BCUT2D eigenvalue weighted by molar-refractivity contribution is 0.242. The van der Waals surface area contributed by atoms with Crippen LogP contribution in [0.5, 0.6) is 5.75 Å². The predicted octanol–water partition coefficient (Wildman–Crippen LogP) is 5.67. The summed E-state index contributed by atoms with van der Waals surface area (Å²) in [4.78, 5) is 7.59. The van der Waals surface area contributed by atoms with Gasteiger partial charge in [-0.1, -0.05) is 30.3 Å². The number of aliphatic hydroxyl groups excluding tert-OH is 1. The van der Waals surface area contributed by atoms with Crippen LogP contribution in [-0.2, 0) is 0 Å². The molecule has 0 atom stereocenters. The van der Waals surface area contributed by atoms with Crippen molar-refractivity contribution in [2.75, 3.05) is 11.4 Å². The number of hydrogen-bond acceptors (Lipinski definition) is 5. The molecule has 6 heteroatoms. The van der Waals surface area contributed by atoms with Crippen LogP contribution in [-0.4, -0.2) is 28.6 Å². The molecule has 29 heavy (non-hydrogen) atoms. The zero-order valence-corrected chi connectivity index (χ0v) is 17.5. The Labute approximate surface area is 174 Å². The van der Waals surface area contributed by atoms with Gasteiger partial charge in [0.2, 0.25) is 0 Å². The van der Waals surface area contributed by atoms with E-state index in [2.05, 4.69) is 0 Å². The number of rotatable bonds is 5. The second kappa shape index (κ2) is 7.72. The molecule has 0 radical (unpaired) electrons. The third-order valence-corrected chi connectivity index (χ3v) is 5.67. The molecule has 0 spiro atoms. The second-order valence-corrected chi connectivity index (χ2v) is 8.41. The van der Waals surface area contributed by atoms with E-state index in [-0.39, 0.29) is 24.2 Å². The van der Waals surface area contributed by atoms with Gasteiger partial charge in [-0.15, -0.1) is 11.3 Å². The molecule has 2 heterocycles. The minimum absolute atomic E-state index is 0.107. The van der Waals surface area contributed by atoms with Crippen LogP contribution in [0.15, 0.2) is 60.4 Å². The third-order valence-electron chi connectivity index (χ3n) is 4.68. The van der Waals surface area contributed by atoms with E-state index < -0.39 is 0 Å². The lowest BCUT2D eigenvalue weighted by Gasteiger charge is -2.19. The molecule has 1 aromatic heterocycles. The van der Waals surface area contributed by atoms with Crippen LogP contribution in [0.3, 0.4) is 0 Å². The van der Waals surface area contributed by atoms with Crippen molar-refractivity contribution in [3.63, 3.8) is 0 Å². The number of ether oxygens (including phenoxy) is 1. The van der Waals surface area contributed by atoms with E-state index in [1.807, 2.05) is 75.4 Å². The second-order valence-electron chi connectivity index (χ2n) is 7.21. The van der Waals surface area contributed by atoms with Gasteiger partial charge in [-0.3, -0.25) is 5.41 Å². The van der Waals surface area contributed by atoms with Crippen LogP contribution in [0.1, 0.15) is 23.7 Å². The van der Waals surface area contributed by atoms with E-state index in [0.29, 0.717) is 10.6 Å². The van der Waals surface area contributed by atoms with Crippen molar-refractivity contribution in [1.82, 2.24) is 4.98 Å². The highest BCUT2D eigenvalue weighted by Gasteiger charge is 2.31. The Hall–Kier alpha value is -3.12. The number of nitrogens with one attached hydrogen (secondary N) is 1. The fraction of sp³-hybridized carbons (Fsp3) is 0.217. The molecule has 0 unspecified atom stereocenters. The summed E-state index contributed by atoms with van der Waals surface area (Å²) in [6, 6.07) is 17.6. The molecule has 3 aromatic rings. The standard InChI is InChI=1S/C23H23N3O2S/c1-14(2)28-18-11-9-17(10-12-18)26-13-19(27)20(22(26)24)23-25-21(15(3)29-23)16-7-5-4-6-8-16/h4-12,14,24,27H,13H2,1-3H3. The van der Waals surface area contributed by atoms with Gasteiger partial charge in [0.1, 0.15) is 22.4 Å². The Kier molecular flexibility index (Phi) is 5.11. The van der Waals surface area contributed by atoms with Crippen LogP contribution in [0.25, 0.3) is 16.8 Å². The first kappa shape index (κ1) is 19.2. The zero-order chi connectivity index (χ0) is 20.5. The van der Waals surface area contributed by atoms with Crippen LogP contribution in [0, 0.1) is 12.3 Å². The lowest BCUT2D eigenvalue weighted by atomic mass is 10.1. The number of nitrogens with zero attached hydrogens (tertiary/aromatic N) is 2. The Balaban J connectivity index is 1.60. The number of amidine groups is 1. The molecule has 5 nitrogen and oxygen atoms in total. The van der Waals surface area contributed by atoms with Gasteiger partial charge in [0.15, 0.2) is 0 Å². The molecular formula is C23H23N3O2S. The average Bonchev–Trinajstić information content (AvgIpc) is 3.21. The van der Waals surface area contributed by atoms with Crippen molar-refractivity contribution in [3.8, 4) is 17.0 Å². The number of aliphatic hydroxyl groups is 1. The normalized spacial score (nSPS) is 14.2. The van der Waals surface area contributed by atoms with Gasteiger partial charge in [-0.05, 0) is 45.0 Å². The molecule has 1 aliphatic heterocycles. The summed E-state index contributed by atoms with van der Waals surface area (Å²) >= 11 is 1.50. The van der Waals surface area contributed by atoms with Crippen molar-refractivity contribution < 1.29 is 9.84 Å². The summed E-state index contributed by atoms with van der Waals surface area (Å²) in [6.07, 6.45) is 0.107. The van der Waals surface area contributed by atoms with Gasteiger partial charge < -0.3 is 14.7 Å². The number of aryl methyl sites for hydroxylation is 1. The Bertz CT molecular complexity index is 1070. The smallest absolute Gasteiger partial charge is 0.139 e. The summed E-state index contributed by atoms with van der Waals surface area (Å²) in [5.74, 6) is 1.22. The van der Waals surface area contributed by atoms with Gasteiger partial charge >= 0.3 is 0 Å². The average molecular weight is 406 g/mol. The molecule has 0 amide bonds. The number of thiazole rings is 1. The number of benzene rings is 2. The van der Waals surface area contributed by atoms with Crippen LogP contribution < -0.4 is 9.64 Å².